The molecule has 3 saturated heterocycles. The molecule has 0 aromatic rings. The summed E-state index contributed by atoms with van der Waals surface area (Å²) >= 11 is 1.55. The Kier molecular flexibility index (Phi) is 7.89. The Morgan fingerprint density at radius 2 is 2.03 bits per heavy atom. The topological polar surface area (TPSA) is 98.2 Å². The van der Waals surface area contributed by atoms with Crippen LogP contribution in [0.15, 0.2) is 12.7 Å². The molecule has 3 heterocycles. The number of amides is 2. The average Bonchev–Trinajstić information content (AvgIpc) is 3.36. The van der Waals surface area contributed by atoms with Gasteiger partial charge in [-0.05, 0) is 31.6 Å². The average molecular weight is 481 g/mol. The van der Waals surface area contributed by atoms with Crippen LogP contribution in [0.5, 0.6) is 0 Å². The second-order valence-electron chi connectivity index (χ2n) is 10.2. The van der Waals surface area contributed by atoms with Gasteiger partial charge in [-0.15, -0.1) is 18.3 Å². The third-order valence-electron chi connectivity index (χ3n) is 8.40. The number of aliphatic hydroxyl groups excluding tert-OH is 1. The highest BCUT2D eigenvalue weighted by atomic mass is 32.2. The van der Waals surface area contributed by atoms with Crippen molar-refractivity contribution in [2.75, 3.05) is 13.2 Å². The molecule has 3 aliphatic rings. The van der Waals surface area contributed by atoms with E-state index in [9.17, 15) is 24.6 Å². The lowest BCUT2D eigenvalue weighted by Crippen LogP contribution is -2.61. The number of rotatable bonds is 11. The van der Waals surface area contributed by atoms with E-state index in [0.717, 1.165) is 19.3 Å². The van der Waals surface area contributed by atoms with Crippen molar-refractivity contribution >= 4 is 29.5 Å². The van der Waals surface area contributed by atoms with E-state index in [-0.39, 0.29) is 41.5 Å². The van der Waals surface area contributed by atoms with E-state index in [4.69, 9.17) is 0 Å². The van der Waals surface area contributed by atoms with Crippen LogP contribution in [0.1, 0.15) is 60.3 Å². The summed E-state index contributed by atoms with van der Waals surface area (Å²) in [6, 6.07) is -1.34. The van der Waals surface area contributed by atoms with Gasteiger partial charge in [-0.2, -0.15) is 0 Å². The summed E-state index contributed by atoms with van der Waals surface area (Å²) in [5, 5.41) is 20.2. The number of carboxylic acids is 1. The Labute approximate surface area is 202 Å². The van der Waals surface area contributed by atoms with Crippen molar-refractivity contribution in [1.29, 1.82) is 0 Å². The molecule has 3 rings (SSSR count). The SMILES string of the molecule is C=CCN(C(=O)C1N([C@@H](CO)[C@@H](C)CC)C(=O)[C@@H]2[C@H](C(=O)O)[C@@H]3CC(C)C12S3)C(C)CCC. The number of carbonyl (C=O) groups is 3. The highest BCUT2D eigenvalue weighted by Crippen LogP contribution is 2.69. The van der Waals surface area contributed by atoms with Gasteiger partial charge < -0.3 is 20.0 Å². The van der Waals surface area contributed by atoms with Crippen molar-refractivity contribution in [2.24, 2.45) is 23.7 Å². The van der Waals surface area contributed by atoms with Gasteiger partial charge in [0.15, 0.2) is 0 Å². The van der Waals surface area contributed by atoms with Crippen LogP contribution in [0.25, 0.3) is 0 Å². The van der Waals surface area contributed by atoms with Gasteiger partial charge in [0.25, 0.3) is 0 Å². The van der Waals surface area contributed by atoms with Crippen LogP contribution in [0, 0.1) is 23.7 Å². The van der Waals surface area contributed by atoms with E-state index in [1.165, 1.54) is 0 Å². The molecule has 2 amide bonds. The number of fused-ring (bicyclic) bond motifs is 1. The first-order valence-corrected chi connectivity index (χ1v) is 13.2. The fourth-order valence-corrected chi connectivity index (χ4v) is 8.94. The Hall–Kier alpha value is -1.54. The Bertz CT molecular complexity index is 791. The molecule has 4 unspecified atom stereocenters. The predicted octanol–water partition coefficient (Wildman–Crippen LogP) is 3.02. The molecule has 186 valence electrons. The van der Waals surface area contributed by atoms with Crippen molar-refractivity contribution < 1.29 is 24.6 Å². The van der Waals surface area contributed by atoms with Crippen molar-refractivity contribution in [1.82, 2.24) is 9.80 Å². The fourth-order valence-electron chi connectivity index (χ4n) is 6.55. The molecule has 0 aromatic heterocycles. The molecule has 3 aliphatic heterocycles. The largest absolute Gasteiger partial charge is 0.481 e. The van der Waals surface area contributed by atoms with E-state index in [1.54, 1.807) is 27.6 Å². The standard InChI is InChI=1S/C25H40N2O5S/c1-7-10-16(6)26(11-8-2)23(30)21-25-15(5)12-18(33-25)19(24(31)32)20(25)22(29)27(21)17(13-28)14(4)9-3/h8,14-21,28H,2,7,9-13H2,1,3-6H3,(H,31,32)/t14-,15?,16?,17-,18-,19+,20-,21?,25?/m0/s1. The zero-order chi connectivity index (χ0) is 24.7. The predicted molar refractivity (Wildman–Crippen MR) is 130 cm³/mol. The van der Waals surface area contributed by atoms with E-state index in [2.05, 4.69) is 20.4 Å². The van der Waals surface area contributed by atoms with Gasteiger partial charge in [0.05, 0.1) is 29.2 Å². The summed E-state index contributed by atoms with van der Waals surface area (Å²) in [4.78, 5) is 44.0. The number of aliphatic hydroxyl groups is 1. The fraction of sp³-hybridized carbons (Fsp3) is 0.800. The molecule has 1 spiro atoms. The van der Waals surface area contributed by atoms with Gasteiger partial charge in [-0.1, -0.05) is 46.6 Å². The molecule has 0 aromatic carbocycles. The molecule has 9 atom stereocenters. The highest BCUT2D eigenvalue weighted by Gasteiger charge is 2.77. The maximum Gasteiger partial charge on any atom is 0.308 e. The smallest absolute Gasteiger partial charge is 0.308 e. The Morgan fingerprint density at radius 1 is 1.36 bits per heavy atom. The third kappa shape index (κ3) is 3.91. The molecular formula is C25H40N2O5S. The second kappa shape index (κ2) is 9.98. The van der Waals surface area contributed by atoms with Crippen LogP contribution in [0.4, 0.5) is 0 Å². The van der Waals surface area contributed by atoms with E-state index < -0.39 is 34.6 Å². The molecule has 0 radical (unpaired) electrons. The van der Waals surface area contributed by atoms with Crippen LogP contribution in [-0.2, 0) is 14.4 Å². The highest BCUT2D eigenvalue weighted by molar-refractivity contribution is 8.02. The maximum absolute atomic E-state index is 14.3. The zero-order valence-electron chi connectivity index (χ0n) is 20.6. The lowest BCUT2D eigenvalue weighted by Gasteiger charge is -2.44. The summed E-state index contributed by atoms with van der Waals surface area (Å²) in [6.45, 7) is 14.1. The molecule has 2 N–H and O–H groups in total. The van der Waals surface area contributed by atoms with Gasteiger partial charge in [0.1, 0.15) is 6.04 Å². The molecule has 7 nitrogen and oxygen atoms in total. The number of nitrogens with zero attached hydrogens (tertiary/aromatic N) is 2. The van der Waals surface area contributed by atoms with Crippen molar-refractivity contribution in [2.45, 2.75) is 88.4 Å². The minimum Gasteiger partial charge on any atom is -0.481 e. The minimum atomic E-state index is -0.959. The monoisotopic (exact) mass is 480 g/mol. The summed E-state index contributed by atoms with van der Waals surface area (Å²) in [5.41, 5.74) is 0. The number of aliphatic carboxylic acids is 1. The minimum absolute atomic E-state index is 0.0221. The van der Waals surface area contributed by atoms with E-state index in [0.29, 0.717) is 13.0 Å². The van der Waals surface area contributed by atoms with Crippen LogP contribution in [0.3, 0.4) is 0 Å². The molecular weight excluding hydrogens is 440 g/mol. The van der Waals surface area contributed by atoms with E-state index >= 15 is 0 Å². The first-order chi connectivity index (χ1) is 15.6. The Balaban J connectivity index is 2.17. The number of hydrogen-bond acceptors (Lipinski definition) is 5. The summed E-state index contributed by atoms with van der Waals surface area (Å²) in [7, 11) is 0. The first-order valence-electron chi connectivity index (χ1n) is 12.4. The normalized spacial score (nSPS) is 35.3. The Morgan fingerprint density at radius 3 is 2.55 bits per heavy atom. The number of likely N-dealkylation sites (tertiary alicyclic amines) is 1. The second-order valence-corrected chi connectivity index (χ2v) is 11.7. The van der Waals surface area contributed by atoms with Crippen molar-refractivity contribution in [3.8, 4) is 0 Å². The molecule has 0 saturated carbocycles. The molecule has 3 fully saturated rings. The first kappa shape index (κ1) is 26.1. The lowest BCUT2D eigenvalue weighted by atomic mass is 9.66. The summed E-state index contributed by atoms with van der Waals surface area (Å²) < 4.78 is -0.784. The number of thioether (sulfide) groups is 1. The van der Waals surface area contributed by atoms with Gasteiger partial charge in [0.2, 0.25) is 11.8 Å². The summed E-state index contributed by atoms with van der Waals surface area (Å²) in [5.74, 6) is -2.91. The van der Waals surface area contributed by atoms with Crippen LogP contribution >= 0.6 is 11.8 Å². The third-order valence-corrected chi connectivity index (χ3v) is 10.5. The van der Waals surface area contributed by atoms with Gasteiger partial charge in [0, 0.05) is 17.8 Å². The molecule has 0 aliphatic carbocycles. The molecule has 33 heavy (non-hydrogen) atoms. The summed E-state index contributed by atoms with van der Waals surface area (Å²) in [6.07, 6.45) is 4.88. The maximum atomic E-state index is 14.3. The quantitative estimate of drug-likeness (QED) is 0.441. The number of carboxylic acid groups (broad SMARTS) is 1. The van der Waals surface area contributed by atoms with Crippen molar-refractivity contribution in [3.63, 3.8) is 0 Å². The van der Waals surface area contributed by atoms with Crippen molar-refractivity contribution in [3.05, 3.63) is 12.7 Å². The van der Waals surface area contributed by atoms with Crippen LogP contribution < -0.4 is 0 Å². The molecule has 8 heteroatoms. The van der Waals surface area contributed by atoms with Gasteiger partial charge in [-0.3, -0.25) is 14.4 Å². The van der Waals surface area contributed by atoms with Gasteiger partial charge in [-0.25, -0.2) is 0 Å². The van der Waals surface area contributed by atoms with Crippen LogP contribution in [0.2, 0.25) is 0 Å². The molecule has 2 bridgehead atoms. The van der Waals surface area contributed by atoms with E-state index in [1.807, 2.05) is 20.8 Å². The van der Waals surface area contributed by atoms with Crippen LogP contribution in [-0.4, -0.2) is 79.1 Å². The number of carbonyl (C=O) groups excluding carboxylic acids is 2. The zero-order valence-corrected chi connectivity index (χ0v) is 21.4. The lowest BCUT2D eigenvalue weighted by molar-refractivity contribution is -0.150. The number of hydrogen-bond donors (Lipinski definition) is 2. The van der Waals surface area contributed by atoms with Gasteiger partial charge >= 0.3 is 5.97 Å².